The lowest BCUT2D eigenvalue weighted by molar-refractivity contribution is -0.121. The van der Waals surface area contributed by atoms with Crippen LogP contribution in [0.4, 0.5) is 0 Å². The molecule has 2 saturated heterocycles. The normalized spacial score (nSPS) is 22.0. The van der Waals surface area contributed by atoms with Crippen LogP contribution in [0.15, 0.2) is 22.5 Å². The number of hydrogen-bond acceptors (Lipinski definition) is 5. The van der Waals surface area contributed by atoms with Crippen molar-refractivity contribution in [2.75, 3.05) is 52.9 Å². The Bertz CT molecular complexity index is 679. The summed E-state index contributed by atoms with van der Waals surface area (Å²) >= 11 is 1.81. The van der Waals surface area contributed by atoms with E-state index in [0.717, 1.165) is 64.7 Å². The van der Waals surface area contributed by atoms with E-state index in [1.807, 2.05) is 11.3 Å². The fourth-order valence-electron chi connectivity index (χ4n) is 4.31. The summed E-state index contributed by atoms with van der Waals surface area (Å²) in [6, 6.07) is 4.64. The molecule has 2 aliphatic heterocycles. The Morgan fingerprint density at radius 1 is 1.35 bits per heavy atom. The Morgan fingerprint density at radius 2 is 2.13 bits per heavy atom. The maximum atomic E-state index is 11.7. The number of nitrogens with zero attached hydrogens (tertiary/aromatic N) is 3. The summed E-state index contributed by atoms with van der Waals surface area (Å²) in [5, 5.41) is 8.39. The van der Waals surface area contributed by atoms with E-state index in [2.05, 4.69) is 51.8 Å². The SMILES string of the molecule is CCNC(=NCC(c1cccs1)N1CCOC(C)C1)N1CCC(CC(=O)NC)CC1.I. The largest absolute Gasteiger partial charge is 0.376 e. The molecule has 2 atom stereocenters. The fraction of sp³-hybridized carbons (Fsp3) is 0.727. The number of piperidine rings is 1. The molecule has 176 valence electrons. The molecule has 1 aromatic heterocycles. The number of amides is 1. The van der Waals surface area contributed by atoms with Crippen LogP contribution < -0.4 is 10.6 Å². The zero-order chi connectivity index (χ0) is 21.3. The topological polar surface area (TPSA) is 69.2 Å². The molecule has 0 aliphatic carbocycles. The smallest absolute Gasteiger partial charge is 0.220 e. The molecule has 0 aromatic carbocycles. The summed E-state index contributed by atoms with van der Waals surface area (Å²) in [6.45, 7) is 10.4. The van der Waals surface area contributed by atoms with Crippen LogP contribution in [-0.4, -0.2) is 80.7 Å². The summed E-state index contributed by atoms with van der Waals surface area (Å²) in [6.07, 6.45) is 2.96. The van der Waals surface area contributed by atoms with Gasteiger partial charge in [0.05, 0.1) is 25.3 Å². The van der Waals surface area contributed by atoms with Crippen molar-refractivity contribution in [1.29, 1.82) is 0 Å². The number of carbonyl (C=O) groups is 1. The van der Waals surface area contributed by atoms with Crippen molar-refractivity contribution in [2.24, 2.45) is 10.9 Å². The molecule has 1 amide bonds. The van der Waals surface area contributed by atoms with E-state index < -0.39 is 0 Å². The molecule has 31 heavy (non-hydrogen) atoms. The van der Waals surface area contributed by atoms with Crippen molar-refractivity contribution in [3.8, 4) is 0 Å². The lowest BCUT2D eigenvalue weighted by Crippen LogP contribution is -2.47. The van der Waals surface area contributed by atoms with Gasteiger partial charge < -0.3 is 20.3 Å². The second-order valence-electron chi connectivity index (χ2n) is 8.21. The molecule has 1 aromatic rings. The van der Waals surface area contributed by atoms with Gasteiger partial charge >= 0.3 is 0 Å². The highest BCUT2D eigenvalue weighted by Crippen LogP contribution is 2.28. The Morgan fingerprint density at radius 3 is 2.74 bits per heavy atom. The molecular formula is C22H38IN5O2S. The van der Waals surface area contributed by atoms with Crippen LogP contribution in [0, 0.1) is 5.92 Å². The van der Waals surface area contributed by atoms with Crippen molar-refractivity contribution >= 4 is 47.2 Å². The first kappa shape index (κ1) is 26.3. The lowest BCUT2D eigenvalue weighted by atomic mass is 9.93. The molecule has 3 rings (SSSR count). The van der Waals surface area contributed by atoms with Gasteiger partial charge in [0.25, 0.3) is 0 Å². The van der Waals surface area contributed by atoms with Crippen LogP contribution in [0.2, 0.25) is 0 Å². The number of carbonyl (C=O) groups excluding carboxylic acids is 1. The molecular weight excluding hydrogens is 525 g/mol. The second-order valence-corrected chi connectivity index (χ2v) is 9.19. The number of guanidine groups is 1. The van der Waals surface area contributed by atoms with E-state index in [4.69, 9.17) is 9.73 Å². The minimum atomic E-state index is 0. The summed E-state index contributed by atoms with van der Waals surface area (Å²) in [4.78, 5) is 23.0. The highest BCUT2D eigenvalue weighted by atomic mass is 127. The maximum absolute atomic E-state index is 11.7. The summed E-state index contributed by atoms with van der Waals surface area (Å²) < 4.78 is 5.76. The Hall–Kier alpha value is -0.910. The minimum Gasteiger partial charge on any atom is -0.376 e. The van der Waals surface area contributed by atoms with Gasteiger partial charge in [-0.05, 0) is 44.1 Å². The van der Waals surface area contributed by atoms with Gasteiger partial charge in [-0.25, -0.2) is 0 Å². The van der Waals surface area contributed by atoms with Gasteiger partial charge in [-0.15, -0.1) is 35.3 Å². The zero-order valence-electron chi connectivity index (χ0n) is 19.0. The van der Waals surface area contributed by atoms with Crippen LogP contribution in [-0.2, 0) is 9.53 Å². The highest BCUT2D eigenvalue weighted by Gasteiger charge is 2.27. The van der Waals surface area contributed by atoms with Crippen molar-refractivity contribution in [2.45, 2.75) is 45.3 Å². The molecule has 3 heterocycles. The molecule has 2 unspecified atom stereocenters. The van der Waals surface area contributed by atoms with Gasteiger partial charge in [0.2, 0.25) is 5.91 Å². The van der Waals surface area contributed by atoms with Crippen molar-refractivity contribution in [1.82, 2.24) is 20.4 Å². The number of ether oxygens (including phenoxy) is 1. The first-order chi connectivity index (χ1) is 14.6. The average molecular weight is 564 g/mol. The van der Waals surface area contributed by atoms with E-state index in [-0.39, 0.29) is 42.0 Å². The Balaban J connectivity index is 0.00000341. The van der Waals surface area contributed by atoms with Gasteiger partial charge in [0.15, 0.2) is 5.96 Å². The van der Waals surface area contributed by atoms with E-state index in [1.54, 1.807) is 7.05 Å². The van der Waals surface area contributed by atoms with Gasteiger partial charge in [-0.3, -0.25) is 14.7 Å². The zero-order valence-corrected chi connectivity index (χ0v) is 22.2. The second kappa shape index (κ2) is 13.6. The molecule has 2 fully saturated rings. The van der Waals surface area contributed by atoms with Gasteiger partial charge in [-0.2, -0.15) is 0 Å². The first-order valence-corrected chi connectivity index (χ1v) is 12.1. The predicted molar refractivity (Wildman–Crippen MR) is 138 cm³/mol. The molecule has 0 bridgehead atoms. The predicted octanol–water partition coefficient (Wildman–Crippen LogP) is 2.94. The number of aliphatic imine (C=N–C) groups is 1. The lowest BCUT2D eigenvalue weighted by Gasteiger charge is -2.37. The Kier molecular flexibility index (Phi) is 11.6. The third kappa shape index (κ3) is 7.87. The molecule has 9 heteroatoms. The van der Waals surface area contributed by atoms with E-state index in [9.17, 15) is 4.79 Å². The standard InChI is InChI=1S/C22H37N5O2S.HI/c1-4-24-22(26-9-7-18(8-10-26)14-21(28)23-3)25-15-19(20-6-5-13-30-20)27-11-12-29-17(2)16-27;/h5-6,13,17-19H,4,7-12,14-16H2,1-3H3,(H,23,28)(H,24,25);1H. The van der Waals surface area contributed by atoms with Gasteiger partial charge in [-0.1, -0.05) is 6.07 Å². The average Bonchev–Trinajstić information content (AvgIpc) is 3.28. The number of morpholine rings is 1. The Labute approximate surface area is 208 Å². The molecule has 2 aliphatic rings. The quantitative estimate of drug-likeness (QED) is 0.304. The third-order valence-corrected chi connectivity index (χ3v) is 6.97. The number of nitrogens with one attached hydrogen (secondary N) is 2. The number of likely N-dealkylation sites (tertiary alicyclic amines) is 1. The van der Waals surface area contributed by atoms with Crippen LogP contribution >= 0.6 is 35.3 Å². The molecule has 0 saturated carbocycles. The van der Waals surface area contributed by atoms with E-state index in [1.165, 1.54) is 4.88 Å². The number of thiophene rings is 1. The van der Waals surface area contributed by atoms with Crippen molar-refractivity contribution in [3.63, 3.8) is 0 Å². The number of rotatable bonds is 7. The molecule has 2 N–H and O–H groups in total. The highest BCUT2D eigenvalue weighted by molar-refractivity contribution is 14.0. The summed E-state index contributed by atoms with van der Waals surface area (Å²) in [5.41, 5.74) is 0. The first-order valence-electron chi connectivity index (χ1n) is 11.2. The number of hydrogen-bond donors (Lipinski definition) is 2. The van der Waals surface area contributed by atoms with Crippen molar-refractivity contribution in [3.05, 3.63) is 22.4 Å². The minimum absolute atomic E-state index is 0. The van der Waals surface area contributed by atoms with Crippen LogP contribution in [0.1, 0.15) is 44.0 Å². The van der Waals surface area contributed by atoms with Gasteiger partial charge in [0.1, 0.15) is 0 Å². The molecule has 0 radical (unpaired) electrons. The monoisotopic (exact) mass is 563 g/mol. The maximum Gasteiger partial charge on any atom is 0.220 e. The number of halogens is 1. The summed E-state index contributed by atoms with van der Waals surface area (Å²) in [7, 11) is 1.71. The fourth-order valence-corrected chi connectivity index (χ4v) is 5.16. The third-order valence-electron chi connectivity index (χ3n) is 6.00. The molecule has 7 nitrogen and oxygen atoms in total. The molecule has 0 spiro atoms. The van der Waals surface area contributed by atoms with Crippen LogP contribution in [0.25, 0.3) is 0 Å². The van der Waals surface area contributed by atoms with Crippen LogP contribution in [0.3, 0.4) is 0 Å². The van der Waals surface area contributed by atoms with Gasteiger partial charge in [0, 0.05) is 51.1 Å². The van der Waals surface area contributed by atoms with Crippen molar-refractivity contribution < 1.29 is 9.53 Å². The van der Waals surface area contributed by atoms with Crippen LogP contribution in [0.5, 0.6) is 0 Å². The summed E-state index contributed by atoms with van der Waals surface area (Å²) in [5.74, 6) is 1.61. The van der Waals surface area contributed by atoms with E-state index >= 15 is 0 Å². The van der Waals surface area contributed by atoms with E-state index in [0.29, 0.717) is 12.3 Å².